The van der Waals surface area contributed by atoms with E-state index in [1.165, 1.54) is 12.0 Å². The number of carbonyl (C=O) groups excluding carboxylic acids is 1. The number of nitrogens with zero attached hydrogens (tertiary/aromatic N) is 3. The fraction of sp³-hybridized carbons (Fsp3) is 0.500. The molecule has 1 saturated heterocycles. The van der Waals surface area contributed by atoms with Crippen molar-refractivity contribution in [3.8, 4) is 11.1 Å². The second-order valence-corrected chi connectivity index (χ2v) is 9.28. The molecule has 0 aromatic heterocycles. The van der Waals surface area contributed by atoms with Crippen LogP contribution in [-0.4, -0.2) is 65.9 Å². The van der Waals surface area contributed by atoms with Crippen LogP contribution in [0, 0.1) is 0 Å². The Labute approximate surface area is 182 Å². The van der Waals surface area contributed by atoms with Crippen LogP contribution in [0.5, 0.6) is 0 Å². The maximum absolute atomic E-state index is 13.3. The lowest BCUT2D eigenvalue weighted by Gasteiger charge is -2.31. The number of likely N-dealkylation sites (tertiary alicyclic amines) is 1. The summed E-state index contributed by atoms with van der Waals surface area (Å²) in [5.41, 5.74) is 4.21. The molecule has 2 aromatic rings. The minimum Gasteiger partial charge on any atom is -0.334 e. The smallest absolute Gasteiger partial charge is 0.254 e. The third kappa shape index (κ3) is 5.11. The number of hydrogen-bond acceptors (Lipinski definition) is 3. The number of hydrogen-bond donors (Lipinski definition) is 0. The van der Waals surface area contributed by atoms with Gasteiger partial charge in [0.25, 0.3) is 5.91 Å². The van der Waals surface area contributed by atoms with Gasteiger partial charge in [-0.1, -0.05) is 42.5 Å². The molecule has 0 spiro atoms. The molecule has 1 unspecified atom stereocenters. The molecule has 1 aliphatic heterocycles. The first-order valence-electron chi connectivity index (χ1n) is 11.2. The molecule has 2 aromatic carbocycles. The van der Waals surface area contributed by atoms with E-state index >= 15 is 0 Å². The van der Waals surface area contributed by atoms with Crippen LogP contribution >= 0.6 is 0 Å². The van der Waals surface area contributed by atoms with E-state index in [-0.39, 0.29) is 18.0 Å². The van der Waals surface area contributed by atoms with Crippen LogP contribution in [0.25, 0.3) is 11.1 Å². The zero-order chi connectivity index (χ0) is 21.8. The van der Waals surface area contributed by atoms with Crippen molar-refractivity contribution < 1.29 is 4.79 Å². The SMILES string of the molecule is CC(C)N(C(=O)c1ccccc1-c1ccc(CN2CCC(N(C)C)C2)cc1)C(C)C. The molecule has 3 rings (SSSR count). The lowest BCUT2D eigenvalue weighted by atomic mass is 9.97. The van der Waals surface area contributed by atoms with Gasteiger partial charge in [0.2, 0.25) is 0 Å². The molecule has 4 heteroatoms. The Morgan fingerprint density at radius 2 is 1.63 bits per heavy atom. The van der Waals surface area contributed by atoms with Gasteiger partial charge in [0.05, 0.1) is 0 Å². The minimum absolute atomic E-state index is 0.103. The highest BCUT2D eigenvalue weighted by molar-refractivity contribution is 6.01. The molecule has 1 aliphatic rings. The Hall–Kier alpha value is -2.17. The fourth-order valence-electron chi connectivity index (χ4n) is 4.55. The summed E-state index contributed by atoms with van der Waals surface area (Å²) in [7, 11) is 4.34. The van der Waals surface area contributed by atoms with E-state index in [2.05, 4.69) is 81.9 Å². The molecule has 1 atom stereocenters. The predicted molar refractivity (Wildman–Crippen MR) is 126 cm³/mol. The van der Waals surface area contributed by atoms with Crippen LogP contribution in [0.15, 0.2) is 48.5 Å². The van der Waals surface area contributed by atoms with Crippen LogP contribution in [-0.2, 0) is 6.54 Å². The molecule has 1 fully saturated rings. The highest BCUT2D eigenvalue weighted by Gasteiger charge is 2.25. The van der Waals surface area contributed by atoms with Gasteiger partial charge >= 0.3 is 0 Å². The average Bonchev–Trinajstić information content (AvgIpc) is 3.17. The number of likely N-dealkylation sites (N-methyl/N-ethyl adjacent to an activating group) is 1. The van der Waals surface area contributed by atoms with Gasteiger partial charge in [-0.25, -0.2) is 0 Å². The quantitative estimate of drug-likeness (QED) is 0.663. The molecule has 0 aliphatic carbocycles. The summed E-state index contributed by atoms with van der Waals surface area (Å²) in [6.45, 7) is 11.6. The highest BCUT2D eigenvalue weighted by atomic mass is 16.2. The average molecular weight is 408 g/mol. The summed E-state index contributed by atoms with van der Waals surface area (Å²) in [6, 6.07) is 17.7. The van der Waals surface area contributed by atoms with Crippen molar-refractivity contribution in [3.63, 3.8) is 0 Å². The number of rotatable bonds is 7. The van der Waals surface area contributed by atoms with Crippen molar-refractivity contribution in [2.24, 2.45) is 0 Å². The first-order chi connectivity index (χ1) is 14.3. The number of benzene rings is 2. The van der Waals surface area contributed by atoms with Crippen molar-refractivity contribution in [2.75, 3.05) is 27.2 Å². The van der Waals surface area contributed by atoms with Gasteiger partial charge in [0, 0.05) is 43.3 Å². The molecule has 0 N–H and O–H groups in total. The zero-order valence-electron chi connectivity index (χ0n) is 19.4. The predicted octanol–water partition coefficient (Wildman–Crippen LogP) is 4.75. The molecule has 0 saturated carbocycles. The van der Waals surface area contributed by atoms with Crippen LogP contribution in [0.1, 0.15) is 50.0 Å². The summed E-state index contributed by atoms with van der Waals surface area (Å²) in [5.74, 6) is 0.103. The third-order valence-corrected chi connectivity index (χ3v) is 6.15. The number of amides is 1. The Kier molecular flexibility index (Phi) is 7.32. The largest absolute Gasteiger partial charge is 0.334 e. The van der Waals surface area contributed by atoms with E-state index in [1.54, 1.807) is 0 Å². The van der Waals surface area contributed by atoms with Crippen LogP contribution in [0.3, 0.4) is 0 Å². The van der Waals surface area contributed by atoms with E-state index < -0.39 is 0 Å². The minimum atomic E-state index is 0.103. The lowest BCUT2D eigenvalue weighted by Crippen LogP contribution is -2.42. The maximum Gasteiger partial charge on any atom is 0.254 e. The Morgan fingerprint density at radius 3 is 2.20 bits per heavy atom. The molecular formula is C26H37N3O. The molecule has 162 valence electrons. The first-order valence-corrected chi connectivity index (χ1v) is 11.2. The molecule has 30 heavy (non-hydrogen) atoms. The lowest BCUT2D eigenvalue weighted by molar-refractivity contribution is 0.0644. The summed E-state index contributed by atoms with van der Waals surface area (Å²) < 4.78 is 0. The molecule has 1 amide bonds. The highest BCUT2D eigenvalue weighted by Crippen LogP contribution is 2.27. The van der Waals surface area contributed by atoms with E-state index in [9.17, 15) is 4.79 Å². The van der Waals surface area contributed by atoms with Gasteiger partial charge in [-0.15, -0.1) is 0 Å². The van der Waals surface area contributed by atoms with Gasteiger partial charge in [-0.2, -0.15) is 0 Å². The van der Waals surface area contributed by atoms with Crippen molar-refractivity contribution >= 4 is 5.91 Å². The van der Waals surface area contributed by atoms with Crippen molar-refractivity contribution in [2.45, 2.75) is 58.8 Å². The second kappa shape index (κ2) is 9.76. The van der Waals surface area contributed by atoms with Crippen LogP contribution in [0.4, 0.5) is 0 Å². The van der Waals surface area contributed by atoms with Crippen LogP contribution < -0.4 is 0 Å². The zero-order valence-corrected chi connectivity index (χ0v) is 19.4. The normalized spacial score (nSPS) is 17.3. The fourth-order valence-corrected chi connectivity index (χ4v) is 4.55. The van der Waals surface area contributed by atoms with E-state index in [0.29, 0.717) is 6.04 Å². The maximum atomic E-state index is 13.3. The summed E-state index contributed by atoms with van der Waals surface area (Å²) >= 11 is 0. The van der Waals surface area contributed by atoms with Crippen molar-refractivity contribution in [1.29, 1.82) is 0 Å². The van der Waals surface area contributed by atoms with Gasteiger partial charge in [-0.05, 0) is 71.0 Å². The summed E-state index contributed by atoms with van der Waals surface area (Å²) in [6.07, 6.45) is 1.24. The Morgan fingerprint density at radius 1 is 1.00 bits per heavy atom. The molecule has 0 radical (unpaired) electrons. The van der Waals surface area contributed by atoms with Gasteiger partial charge in [-0.3, -0.25) is 9.69 Å². The van der Waals surface area contributed by atoms with Crippen molar-refractivity contribution in [1.82, 2.24) is 14.7 Å². The van der Waals surface area contributed by atoms with E-state index in [1.807, 2.05) is 23.1 Å². The van der Waals surface area contributed by atoms with Gasteiger partial charge < -0.3 is 9.80 Å². The van der Waals surface area contributed by atoms with Gasteiger partial charge in [0.15, 0.2) is 0 Å². The summed E-state index contributed by atoms with van der Waals surface area (Å²) in [4.78, 5) is 20.1. The molecular weight excluding hydrogens is 370 g/mol. The molecule has 0 bridgehead atoms. The van der Waals surface area contributed by atoms with E-state index in [0.717, 1.165) is 36.3 Å². The van der Waals surface area contributed by atoms with Gasteiger partial charge in [0.1, 0.15) is 0 Å². The standard InChI is InChI=1S/C26H37N3O/c1-19(2)29(20(3)4)26(30)25-10-8-7-9-24(25)22-13-11-21(12-14-22)17-28-16-15-23(18-28)27(5)6/h7-14,19-20,23H,15-18H2,1-6H3. The van der Waals surface area contributed by atoms with E-state index in [4.69, 9.17) is 0 Å². The monoisotopic (exact) mass is 407 g/mol. The third-order valence-electron chi connectivity index (χ3n) is 6.15. The van der Waals surface area contributed by atoms with Crippen LogP contribution in [0.2, 0.25) is 0 Å². The summed E-state index contributed by atoms with van der Waals surface area (Å²) in [5, 5.41) is 0. The molecule has 1 heterocycles. The molecule has 4 nitrogen and oxygen atoms in total. The number of carbonyl (C=O) groups is 1. The topological polar surface area (TPSA) is 26.8 Å². The van der Waals surface area contributed by atoms with Crippen molar-refractivity contribution in [3.05, 3.63) is 59.7 Å². The Bertz CT molecular complexity index is 834. The second-order valence-electron chi connectivity index (χ2n) is 9.28. The first kappa shape index (κ1) is 22.5. The Balaban J connectivity index is 1.78.